The van der Waals surface area contributed by atoms with E-state index in [0.29, 0.717) is 31.2 Å². The molecule has 1 aromatic rings. The summed E-state index contributed by atoms with van der Waals surface area (Å²) in [5.74, 6) is 1.40. The van der Waals surface area contributed by atoms with Crippen LogP contribution in [0.3, 0.4) is 0 Å². The topological polar surface area (TPSA) is 61.8 Å². The molecule has 0 aromatic heterocycles. The predicted molar refractivity (Wildman–Crippen MR) is 110 cm³/mol. The molecule has 3 aliphatic carbocycles. The van der Waals surface area contributed by atoms with Gasteiger partial charge in [0, 0.05) is 30.9 Å². The summed E-state index contributed by atoms with van der Waals surface area (Å²) in [5, 5.41) is 25.0. The lowest BCUT2D eigenvalue weighted by atomic mass is 9.48. The van der Waals surface area contributed by atoms with Crippen molar-refractivity contribution in [2.45, 2.75) is 75.0 Å². The first kappa shape index (κ1) is 18.2. The van der Waals surface area contributed by atoms with E-state index in [1.54, 1.807) is 6.07 Å². The molecule has 2 saturated carbocycles. The molecule has 5 atom stereocenters. The van der Waals surface area contributed by atoms with Gasteiger partial charge in [-0.15, -0.1) is 0 Å². The fourth-order valence-corrected chi connectivity index (χ4v) is 7.22. The number of rotatable bonds is 5. The van der Waals surface area contributed by atoms with E-state index in [4.69, 9.17) is 9.47 Å². The third kappa shape index (κ3) is 2.11. The highest BCUT2D eigenvalue weighted by Gasteiger charge is 2.76. The summed E-state index contributed by atoms with van der Waals surface area (Å²) in [6, 6.07) is 3.65. The van der Waals surface area contributed by atoms with Crippen molar-refractivity contribution in [3.63, 3.8) is 0 Å². The molecule has 0 radical (unpaired) electrons. The number of ether oxygens (including phenoxy) is 2. The summed E-state index contributed by atoms with van der Waals surface area (Å²) in [5.41, 5.74) is 2.45. The Kier molecular flexibility index (Phi) is 3.63. The van der Waals surface area contributed by atoms with Crippen LogP contribution in [0.15, 0.2) is 24.3 Å². The van der Waals surface area contributed by atoms with Gasteiger partial charge in [-0.1, -0.05) is 19.6 Å². The SMILES string of the molecule is C=C1CCC2(OCCC)[C@H]3Cc4ccc(O)c5c4[C@@]2(CC[N@+]3([O-])CC2CC2)[C@H]1O5. The number of hydroxylamine groups is 3. The minimum Gasteiger partial charge on any atom is -0.632 e. The molecule has 0 amide bonds. The number of hydrogen-bond donors (Lipinski definition) is 1. The molecule has 2 aliphatic heterocycles. The monoisotopic (exact) mass is 397 g/mol. The zero-order valence-electron chi connectivity index (χ0n) is 17.3. The van der Waals surface area contributed by atoms with Gasteiger partial charge in [-0.05, 0) is 49.3 Å². The predicted octanol–water partition coefficient (Wildman–Crippen LogP) is 3.96. The van der Waals surface area contributed by atoms with Gasteiger partial charge < -0.3 is 24.4 Å². The van der Waals surface area contributed by atoms with Crippen molar-refractivity contribution in [2.75, 3.05) is 19.7 Å². The first-order valence-electron chi connectivity index (χ1n) is 11.4. The van der Waals surface area contributed by atoms with Crippen molar-refractivity contribution in [3.05, 3.63) is 40.6 Å². The highest BCUT2D eigenvalue weighted by Crippen LogP contribution is 2.68. The minimum absolute atomic E-state index is 0.106. The molecular formula is C24H31NO4. The Morgan fingerprint density at radius 3 is 2.93 bits per heavy atom. The number of likely N-dealkylation sites (tertiary alicyclic amines) is 1. The van der Waals surface area contributed by atoms with Crippen molar-refractivity contribution in [2.24, 2.45) is 5.92 Å². The van der Waals surface area contributed by atoms with Gasteiger partial charge in [-0.2, -0.15) is 0 Å². The van der Waals surface area contributed by atoms with Gasteiger partial charge in [0.15, 0.2) is 11.5 Å². The number of piperidine rings is 1. The van der Waals surface area contributed by atoms with Crippen molar-refractivity contribution in [1.29, 1.82) is 0 Å². The number of benzene rings is 1. The Balaban J connectivity index is 1.60. The number of phenols is 1. The Bertz CT molecular complexity index is 895. The van der Waals surface area contributed by atoms with Gasteiger partial charge in [0.1, 0.15) is 17.7 Å². The van der Waals surface area contributed by atoms with Gasteiger partial charge in [0.05, 0.1) is 18.5 Å². The van der Waals surface area contributed by atoms with Crippen LogP contribution in [0.25, 0.3) is 0 Å². The van der Waals surface area contributed by atoms with Gasteiger partial charge in [-0.25, -0.2) is 0 Å². The maximum absolute atomic E-state index is 14.4. The molecule has 5 aliphatic rings. The maximum Gasteiger partial charge on any atom is 0.166 e. The fourth-order valence-electron chi connectivity index (χ4n) is 7.22. The van der Waals surface area contributed by atoms with Crippen LogP contribution in [-0.2, 0) is 16.6 Å². The normalized spacial score (nSPS) is 41.8. The van der Waals surface area contributed by atoms with E-state index in [0.717, 1.165) is 43.4 Å². The smallest absolute Gasteiger partial charge is 0.166 e. The number of hydrogen-bond acceptors (Lipinski definition) is 4. The molecule has 5 nitrogen and oxygen atoms in total. The first-order chi connectivity index (χ1) is 14.0. The number of aromatic hydroxyl groups is 1. The Labute approximate surface area is 172 Å². The van der Waals surface area contributed by atoms with Crippen LogP contribution in [0.5, 0.6) is 11.5 Å². The first-order valence-corrected chi connectivity index (χ1v) is 11.4. The Morgan fingerprint density at radius 2 is 2.17 bits per heavy atom. The van der Waals surface area contributed by atoms with Crippen molar-refractivity contribution < 1.29 is 19.2 Å². The molecule has 3 fully saturated rings. The quantitative estimate of drug-likeness (QED) is 0.464. The summed E-state index contributed by atoms with van der Waals surface area (Å²) < 4.78 is 13.1. The summed E-state index contributed by atoms with van der Waals surface area (Å²) in [6.45, 7) is 8.49. The lowest BCUT2D eigenvalue weighted by Crippen LogP contribution is -2.80. The average molecular weight is 398 g/mol. The number of nitrogens with zero attached hydrogens (tertiary/aromatic N) is 1. The summed E-state index contributed by atoms with van der Waals surface area (Å²) >= 11 is 0. The molecule has 2 heterocycles. The fraction of sp³-hybridized carbons (Fsp3) is 0.667. The molecule has 6 rings (SSSR count). The summed E-state index contributed by atoms with van der Waals surface area (Å²) in [7, 11) is 0. The van der Waals surface area contributed by atoms with Crippen LogP contribution in [0, 0.1) is 11.1 Å². The molecule has 1 unspecified atom stereocenters. The van der Waals surface area contributed by atoms with Crippen molar-refractivity contribution >= 4 is 0 Å². The third-order valence-electron chi connectivity index (χ3n) is 8.53. The molecular weight excluding hydrogens is 366 g/mol. The highest BCUT2D eigenvalue weighted by molar-refractivity contribution is 5.63. The molecule has 1 aromatic carbocycles. The third-order valence-corrected chi connectivity index (χ3v) is 8.53. The number of phenolic OH excluding ortho intramolecular Hbond substituents is 1. The lowest BCUT2D eigenvalue weighted by Gasteiger charge is -2.69. The average Bonchev–Trinajstić information content (AvgIpc) is 3.43. The van der Waals surface area contributed by atoms with Gasteiger partial charge >= 0.3 is 0 Å². The molecule has 1 spiro atoms. The maximum atomic E-state index is 14.4. The Hall–Kier alpha value is -1.56. The van der Waals surface area contributed by atoms with Gasteiger partial charge in [0.25, 0.3) is 0 Å². The van der Waals surface area contributed by atoms with Crippen LogP contribution in [-0.4, -0.2) is 47.2 Å². The standard InChI is InChI=1S/C24H31NO4/c1-3-12-28-24-9-8-15(2)22-23(24)10-11-25(27,14-16-4-5-16)19(24)13-17-6-7-18(26)21(29-22)20(17)23/h6-7,16,19,22,26H,2-5,8-14H2,1H3/t19-,22+,23+,24?,25+/m1/s1. The van der Waals surface area contributed by atoms with Gasteiger partial charge in [0.2, 0.25) is 0 Å². The van der Waals surface area contributed by atoms with E-state index in [-0.39, 0.29) is 28.0 Å². The zero-order chi connectivity index (χ0) is 20.0. The van der Waals surface area contributed by atoms with Crippen LogP contribution >= 0.6 is 0 Å². The van der Waals surface area contributed by atoms with Crippen LogP contribution in [0.4, 0.5) is 0 Å². The van der Waals surface area contributed by atoms with E-state index < -0.39 is 5.60 Å². The molecule has 5 heteroatoms. The Morgan fingerprint density at radius 1 is 1.34 bits per heavy atom. The van der Waals surface area contributed by atoms with E-state index in [2.05, 4.69) is 13.5 Å². The van der Waals surface area contributed by atoms with E-state index in [9.17, 15) is 10.3 Å². The zero-order valence-corrected chi connectivity index (χ0v) is 17.3. The molecule has 1 saturated heterocycles. The van der Waals surface area contributed by atoms with E-state index in [1.165, 1.54) is 18.4 Å². The second kappa shape index (κ2) is 5.77. The highest BCUT2D eigenvalue weighted by atomic mass is 16.6. The van der Waals surface area contributed by atoms with Crippen molar-refractivity contribution in [1.82, 2.24) is 0 Å². The van der Waals surface area contributed by atoms with E-state index in [1.807, 2.05) is 6.07 Å². The van der Waals surface area contributed by atoms with E-state index >= 15 is 0 Å². The lowest BCUT2D eigenvalue weighted by molar-refractivity contribution is -0.924. The van der Waals surface area contributed by atoms with Crippen LogP contribution in [0.1, 0.15) is 56.6 Å². The van der Waals surface area contributed by atoms with Gasteiger partial charge in [-0.3, -0.25) is 0 Å². The van der Waals surface area contributed by atoms with Crippen LogP contribution < -0.4 is 4.74 Å². The number of quaternary nitrogens is 1. The molecule has 1 N–H and O–H groups in total. The second-order valence-electron chi connectivity index (χ2n) is 10.1. The summed E-state index contributed by atoms with van der Waals surface area (Å²) in [4.78, 5) is 0. The van der Waals surface area contributed by atoms with Crippen LogP contribution in [0.2, 0.25) is 0 Å². The minimum atomic E-state index is -0.532. The molecule has 156 valence electrons. The van der Waals surface area contributed by atoms with Crippen molar-refractivity contribution in [3.8, 4) is 11.5 Å². The molecule has 29 heavy (non-hydrogen) atoms. The molecule has 2 bridgehead atoms. The second-order valence-corrected chi connectivity index (χ2v) is 10.1. The largest absolute Gasteiger partial charge is 0.632 e. The summed E-state index contributed by atoms with van der Waals surface area (Å²) in [6.07, 6.45) is 6.23.